The van der Waals surface area contributed by atoms with E-state index in [4.69, 9.17) is 9.47 Å². The van der Waals surface area contributed by atoms with E-state index in [-0.39, 0.29) is 11.5 Å². The molecule has 0 aromatic carbocycles. The Morgan fingerprint density at radius 1 is 1.32 bits per heavy atom. The third-order valence-corrected chi connectivity index (χ3v) is 4.78. The highest BCUT2D eigenvalue weighted by atomic mass is 16.6. The zero-order chi connectivity index (χ0) is 16.4. The summed E-state index contributed by atoms with van der Waals surface area (Å²) < 4.78 is 10.9. The fourth-order valence-corrected chi connectivity index (χ4v) is 3.12. The van der Waals surface area contributed by atoms with Gasteiger partial charge in [0.05, 0.1) is 6.61 Å². The molecule has 2 aliphatic rings. The number of carbonyl (C=O) groups is 1. The Balaban J connectivity index is 1.84. The molecular weight excluding hydrogens is 280 g/mol. The number of amides is 1. The van der Waals surface area contributed by atoms with Crippen LogP contribution in [-0.4, -0.2) is 56.0 Å². The molecule has 1 aliphatic heterocycles. The van der Waals surface area contributed by atoms with Crippen LogP contribution in [0.2, 0.25) is 0 Å². The van der Waals surface area contributed by atoms with Crippen LogP contribution >= 0.6 is 0 Å². The van der Waals surface area contributed by atoms with Crippen molar-refractivity contribution in [2.45, 2.75) is 58.6 Å². The van der Waals surface area contributed by atoms with Crippen LogP contribution in [0.25, 0.3) is 0 Å². The molecule has 2 unspecified atom stereocenters. The van der Waals surface area contributed by atoms with Gasteiger partial charge >= 0.3 is 6.09 Å². The molecule has 5 nitrogen and oxygen atoms in total. The Morgan fingerprint density at radius 2 is 1.91 bits per heavy atom. The summed E-state index contributed by atoms with van der Waals surface area (Å²) in [5, 5.41) is 3.67. The summed E-state index contributed by atoms with van der Waals surface area (Å²) in [7, 11) is 1.77. The van der Waals surface area contributed by atoms with Crippen LogP contribution < -0.4 is 5.32 Å². The highest BCUT2D eigenvalue weighted by Gasteiger charge is 2.40. The minimum absolute atomic E-state index is 0.148. The number of methoxy groups -OCH3 is 1. The first-order valence-corrected chi connectivity index (χ1v) is 8.45. The predicted molar refractivity (Wildman–Crippen MR) is 86.9 cm³/mol. The maximum atomic E-state index is 12.2. The molecule has 2 fully saturated rings. The molecule has 1 aliphatic carbocycles. The maximum absolute atomic E-state index is 12.2. The van der Waals surface area contributed by atoms with Gasteiger partial charge in [-0.3, -0.25) is 0 Å². The Labute approximate surface area is 134 Å². The Morgan fingerprint density at radius 3 is 2.36 bits per heavy atom. The zero-order valence-corrected chi connectivity index (χ0v) is 14.8. The van der Waals surface area contributed by atoms with Crippen molar-refractivity contribution in [1.82, 2.24) is 10.2 Å². The van der Waals surface area contributed by atoms with Crippen molar-refractivity contribution < 1.29 is 14.3 Å². The smallest absolute Gasteiger partial charge is 0.410 e. The van der Waals surface area contributed by atoms with E-state index in [1.54, 1.807) is 7.11 Å². The van der Waals surface area contributed by atoms with Crippen molar-refractivity contribution in [3.63, 3.8) is 0 Å². The second-order valence-electron chi connectivity index (χ2n) is 8.10. The molecule has 22 heavy (non-hydrogen) atoms. The Kier molecular flexibility index (Phi) is 5.38. The molecule has 2 rings (SSSR count). The number of rotatable bonds is 5. The largest absolute Gasteiger partial charge is 0.444 e. The van der Waals surface area contributed by atoms with Crippen molar-refractivity contribution >= 4 is 6.09 Å². The van der Waals surface area contributed by atoms with Gasteiger partial charge in [0.25, 0.3) is 0 Å². The molecule has 1 saturated heterocycles. The average Bonchev–Trinajstić information content (AvgIpc) is 3.12. The number of piperidine rings is 1. The first kappa shape index (κ1) is 17.5. The molecule has 1 heterocycles. The minimum atomic E-state index is -0.429. The Hall–Kier alpha value is -0.810. The summed E-state index contributed by atoms with van der Waals surface area (Å²) in [6.07, 6.45) is 3.03. The molecular formula is C17H32N2O3. The summed E-state index contributed by atoms with van der Waals surface area (Å²) in [4.78, 5) is 14.0. The summed E-state index contributed by atoms with van der Waals surface area (Å²) in [6, 6.07) is 0.678. The first-order valence-electron chi connectivity index (χ1n) is 8.45. The normalized spacial score (nSPS) is 27.6. The number of nitrogens with zero attached hydrogens (tertiary/aromatic N) is 1. The van der Waals surface area contributed by atoms with E-state index in [1.807, 2.05) is 25.7 Å². The van der Waals surface area contributed by atoms with Crippen LogP contribution in [0.4, 0.5) is 4.79 Å². The van der Waals surface area contributed by atoms with Crippen molar-refractivity contribution in [3.05, 3.63) is 0 Å². The van der Waals surface area contributed by atoms with Gasteiger partial charge in [0.2, 0.25) is 0 Å². The van der Waals surface area contributed by atoms with Crippen molar-refractivity contribution in [1.29, 1.82) is 0 Å². The standard InChI is InChI=1S/C17H32N2O3/c1-13-10-14(13)18-11-17(12-21-5)6-8-19(9-7-17)15(20)22-16(2,3)4/h13-14,18H,6-12H2,1-5H3. The van der Waals surface area contributed by atoms with Crippen molar-refractivity contribution in [3.8, 4) is 0 Å². The van der Waals surface area contributed by atoms with Crippen molar-refractivity contribution in [2.24, 2.45) is 11.3 Å². The van der Waals surface area contributed by atoms with Crippen LogP contribution in [0.5, 0.6) is 0 Å². The fraction of sp³-hybridized carbons (Fsp3) is 0.941. The highest BCUT2D eigenvalue weighted by Crippen LogP contribution is 2.35. The number of carbonyl (C=O) groups excluding carboxylic acids is 1. The lowest BCUT2D eigenvalue weighted by molar-refractivity contribution is -0.00670. The number of hydrogen-bond donors (Lipinski definition) is 1. The van der Waals surface area contributed by atoms with Crippen LogP contribution in [0.3, 0.4) is 0 Å². The quantitative estimate of drug-likeness (QED) is 0.848. The molecule has 0 radical (unpaired) electrons. The third-order valence-electron chi connectivity index (χ3n) is 4.78. The fourth-order valence-electron chi connectivity index (χ4n) is 3.12. The van der Waals surface area contributed by atoms with Gasteiger partial charge in [0.15, 0.2) is 0 Å². The van der Waals surface area contributed by atoms with Gasteiger partial charge in [-0.05, 0) is 46.0 Å². The van der Waals surface area contributed by atoms with Crippen LogP contribution in [0.15, 0.2) is 0 Å². The third kappa shape index (κ3) is 4.85. The number of nitrogens with one attached hydrogen (secondary N) is 1. The van der Waals surface area contributed by atoms with E-state index in [9.17, 15) is 4.79 Å². The highest BCUT2D eigenvalue weighted by molar-refractivity contribution is 5.68. The minimum Gasteiger partial charge on any atom is -0.444 e. The van der Waals surface area contributed by atoms with Gasteiger partial charge < -0.3 is 19.7 Å². The first-order chi connectivity index (χ1) is 10.2. The predicted octanol–water partition coefficient (Wildman–Crippen LogP) is 2.65. The molecule has 0 bridgehead atoms. The molecule has 0 spiro atoms. The molecule has 0 aromatic rings. The van der Waals surface area contributed by atoms with Gasteiger partial charge in [-0.2, -0.15) is 0 Å². The van der Waals surface area contributed by atoms with E-state index in [0.717, 1.165) is 45.0 Å². The summed E-state index contributed by atoms with van der Waals surface area (Å²) in [6.45, 7) is 11.2. The molecule has 0 aromatic heterocycles. The molecule has 128 valence electrons. The Bertz CT molecular complexity index is 384. The molecule has 1 N–H and O–H groups in total. The number of likely N-dealkylation sites (tertiary alicyclic amines) is 1. The second kappa shape index (κ2) is 6.75. The van der Waals surface area contributed by atoms with E-state index >= 15 is 0 Å². The SMILES string of the molecule is COCC1(CNC2CC2C)CCN(C(=O)OC(C)(C)C)CC1. The number of ether oxygens (including phenoxy) is 2. The lowest BCUT2D eigenvalue weighted by Gasteiger charge is -2.41. The second-order valence-corrected chi connectivity index (χ2v) is 8.10. The van der Waals surface area contributed by atoms with E-state index in [0.29, 0.717) is 6.04 Å². The van der Waals surface area contributed by atoms with Gasteiger partial charge in [-0.25, -0.2) is 4.79 Å². The van der Waals surface area contributed by atoms with E-state index in [2.05, 4.69) is 12.2 Å². The monoisotopic (exact) mass is 312 g/mol. The lowest BCUT2D eigenvalue weighted by atomic mass is 9.79. The molecule has 5 heteroatoms. The van der Waals surface area contributed by atoms with Crippen LogP contribution in [0.1, 0.15) is 47.0 Å². The molecule has 1 saturated carbocycles. The molecule has 1 amide bonds. The molecule has 2 atom stereocenters. The maximum Gasteiger partial charge on any atom is 0.410 e. The lowest BCUT2D eigenvalue weighted by Crippen LogP contribution is -2.50. The average molecular weight is 312 g/mol. The van der Waals surface area contributed by atoms with Gasteiger partial charge in [-0.15, -0.1) is 0 Å². The topological polar surface area (TPSA) is 50.8 Å². The van der Waals surface area contributed by atoms with E-state index in [1.165, 1.54) is 6.42 Å². The summed E-state index contributed by atoms with van der Waals surface area (Å²) >= 11 is 0. The zero-order valence-electron chi connectivity index (χ0n) is 14.8. The number of hydrogen-bond acceptors (Lipinski definition) is 4. The summed E-state index contributed by atoms with van der Waals surface area (Å²) in [5.74, 6) is 0.807. The van der Waals surface area contributed by atoms with E-state index < -0.39 is 5.60 Å². The van der Waals surface area contributed by atoms with Gasteiger partial charge in [0, 0.05) is 38.2 Å². The van der Waals surface area contributed by atoms with Crippen LogP contribution in [-0.2, 0) is 9.47 Å². The van der Waals surface area contributed by atoms with Gasteiger partial charge in [0.1, 0.15) is 5.60 Å². The van der Waals surface area contributed by atoms with Crippen molar-refractivity contribution in [2.75, 3.05) is 33.4 Å². The summed E-state index contributed by atoms with van der Waals surface area (Å²) in [5.41, 5.74) is -0.280. The van der Waals surface area contributed by atoms with Crippen LogP contribution in [0, 0.1) is 11.3 Å². The van der Waals surface area contributed by atoms with Gasteiger partial charge in [-0.1, -0.05) is 6.92 Å².